The molecule has 1 aliphatic heterocycles. The first kappa shape index (κ1) is 19.0. The van der Waals surface area contributed by atoms with Crippen molar-refractivity contribution < 1.29 is 9.59 Å². The monoisotopic (exact) mass is 368 g/mol. The largest absolute Gasteiger partial charge is 0.378 e. The fraction of sp³-hybridized carbons (Fsp3) is 0.429. The molecule has 2 heterocycles. The second-order valence-corrected chi connectivity index (χ2v) is 7.57. The maximum atomic E-state index is 13.3. The average molecular weight is 368 g/mol. The van der Waals surface area contributed by atoms with Crippen molar-refractivity contribution in [1.29, 1.82) is 0 Å². The lowest BCUT2D eigenvalue weighted by Gasteiger charge is -2.27. The number of amides is 2. The van der Waals surface area contributed by atoms with E-state index in [1.54, 1.807) is 9.80 Å². The van der Waals surface area contributed by atoms with E-state index in [1.165, 1.54) is 0 Å². The highest BCUT2D eigenvalue weighted by molar-refractivity contribution is 5.99. The molecule has 2 aromatic rings. The molecule has 27 heavy (non-hydrogen) atoms. The van der Waals surface area contributed by atoms with E-state index >= 15 is 0 Å². The highest BCUT2D eigenvalue weighted by Crippen LogP contribution is 2.27. The second-order valence-electron chi connectivity index (χ2n) is 7.57. The van der Waals surface area contributed by atoms with Gasteiger partial charge in [-0.3, -0.25) is 9.59 Å². The number of aromatic amines is 1. The summed E-state index contributed by atoms with van der Waals surface area (Å²) in [4.78, 5) is 34.4. The normalized spacial score (nSPS) is 16.9. The van der Waals surface area contributed by atoms with Gasteiger partial charge < -0.3 is 19.7 Å². The molecule has 0 unspecified atom stereocenters. The Morgan fingerprint density at radius 3 is 2.37 bits per heavy atom. The number of H-pyrrole nitrogens is 1. The van der Waals surface area contributed by atoms with E-state index < -0.39 is 0 Å². The number of nitrogens with one attached hydrogen (secondary N) is 1. The van der Waals surface area contributed by atoms with Gasteiger partial charge in [-0.15, -0.1) is 0 Å². The van der Waals surface area contributed by atoms with Gasteiger partial charge in [0.15, 0.2) is 0 Å². The topological polar surface area (TPSA) is 59.7 Å². The Balaban J connectivity index is 1.85. The third-order valence-corrected chi connectivity index (χ3v) is 5.07. The number of carbonyl (C=O) groups excluding carboxylic acids is 2. The first-order chi connectivity index (χ1) is 12.9. The SMILES string of the molecule is CC(C)N1C[C@H](C(=O)N(Cc2ccc[nH]2)c2ccc(N(C)C)cc2)CC1=O. The Bertz CT molecular complexity index is 781. The van der Waals surface area contributed by atoms with Gasteiger partial charge in [-0.2, -0.15) is 0 Å². The molecule has 144 valence electrons. The molecule has 0 radical (unpaired) electrons. The van der Waals surface area contributed by atoms with Crippen molar-refractivity contribution in [2.75, 3.05) is 30.4 Å². The fourth-order valence-electron chi connectivity index (χ4n) is 3.48. The van der Waals surface area contributed by atoms with Crippen molar-refractivity contribution in [3.8, 4) is 0 Å². The summed E-state index contributed by atoms with van der Waals surface area (Å²) >= 11 is 0. The zero-order chi connectivity index (χ0) is 19.6. The lowest BCUT2D eigenvalue weighted by Crippen LogP contribution is -2.38. The predicted octanol–water partition coefficient (Wildman–Crippen LogP) is 2.87. The van der Waals surface area contributed by atoms with Gasteiger partial charge in [-0.1, -0.05) is 0 Å². The van der Waals surface area contributed by atoms with Crippen molar-refractivity contribution in [3.05, 3.63) is 48.3 Å². The van der Waals surface area contributed by atoms with Crippen molar-refractivity contribution in [2.45, 2.75) is 32.9 Å². The van der Waals surface area contributed by atoms with Crippen LogP contribution in [0.2, 0.25) is 0 Å². The van der Waals surface area contributed by atoms with Crippen LogP contribution in [0.5, 0.6) is 0 Å². The van der Waals surface area contributed by atoms with Crippen molar-refractivity contribution in [3.63, 3.8) is 0 Å². The number of hydrogen-bond donors (Lipinski definition) is 1. The fourth-order valence-corrected chi connectivity index (χ4v) is 3.48. The maximum absolute atomic E-state index is 13.3. The first-order valence-corrected chi connectivity index (χ1v) is 9.37. The van der Waals surface area contributed by atoms with E-state index in [9.17, 15) is 9.59 Å². The summed E-state index contributed by atoms with van der Waals surface area (Å²) in [5, 5.41) is 0. The van der Waals surface area contributed by atoms with Crippen LogP contribution in [-0.4, -0.2) is 48.4 Å². The van der Waals surface area contributed by atoms with E-state index in [-0.39, 0.29) is 30.2 Å². The zero-order valence-corrected chi connectivity index (χ0v) is 16.5. The first-order valence-electron chi connectivity index (χ1n) is 9.37. The quantitative estimate of drug-likeness (QED) is 0.853. The molecule has 1 aromatic carbocycles. The van der Waals surface area contributed by atoms with Gasteiger partial charge in [0.05, 0.1) is 12.5 Å². The average Bonchev–Trinajstić information content (AvgIpc) is 3.28. The van der Waals surface area contributed by atoms with Gasteiger partial charge >= 0.3 is 0 Å². The lowest BCUT2D eigenvalue weighted by atomic mass is 10.1. The van der Waals surface area contributed by atoms with Crippen molar-refractivity contribution in [2.24, 2.45) is 5.92 Å². The van der Waals surface area contributed by atoms with E-state index in [2.05, 4.69) is 4.98 Å². The van der Waals surface area contributed by atoms with E-state index in [0.29, 0.717) is 13.1 Å². The molecular weight excluding hydrogens is 340 g/mol. The minimum Gasteiger partial charge on any atom is -0.378 e. The number of aromatic nitrogens is 1. The van der Waals surface area contributed by atoms with Crippen LogP contribution in [0, 0.1) is 5.92 Å². The smallest absolute Gasteiger partial charge is 0.232 e. The van der Waals surface area contributed by atoms with Gasteiger partial charge in [0.25, 0.3) is 0 Å². The summed E-state index contributed by atoms with van der Waals surface area (Å²) in [6.07, 6.45) is 2.14. The van der Waals surface area contributed by atoms with Crippen LogP contribution in [0.1, 0.15) is 26.0 Å². The minimum absolute atomic E-state index is 0.00120. The molecule has 0 bridgehead atoms. The number of hydrogen-bond acceptors (Lipinski definition) is 3. The molecule has 1 saturated heterocycles. The van der Waals surface area contributed by atoms with Crippen molar-refractivity contribution >= 4 is 23.2 Å². The number of carbonyl (C=O) groups is 2. The van der Waals surface area contributed by atoms with Crippen LogP contribution in [0.4, 0.5) is 11.4 Å². The van der Waals surface area contributed by atoms with Gasteiger partial charge in [0.2, 0.25) is 11.8 Å². The van der Waals surface area contributed by atoms with E-state index in [1.807, 2.05) is 75.4 Å². The molecular formula is C21H28N4O2. The van der Waals surface area contributed by atoms with Crippen LogP contribution < -0.4 is 9.80 Å². The number of benzene rings is 1. The molecule has 1 N–H and O–H groups in total. The summed E-state index contributed by atoms with van der Waals surface area (Å²) in [6, 6.07) is 11.9. The van der Waals surface area contributed by atoms with Crippen LogP contribution in [-0.2, 0) is 16.1 Å². The molecule has 3 rings (SSSR count). The van der Waals surface area contributed by atoms with Crippen LogP contribution >= 0.6 is 0 Å². The molecule has 0 aliphatic carbocycles. The summed E-state index contributed by atoms with van der Waals surface area (Å²) in [7, 11) is 3.98. The molecule has 0 spiro atoms. The minimum atomic E-state index is -0.302. The molecule has 1 aliphatic rings. The highest BCUT2D eigenvalue weighted by Gasteiger charge is 2.38. The van der Waals surface area contributed by atoms with Crippen molar-refractivity contribution in [1.82, 2.24) is 9.88 Å². The number of nitrogens with zero attached hydrogens (tertiary/aromatic N) is 3. The van der Waals surface area contributed by atoms with E-state index in [0.717, 1.165) is 17.1 Å². The highest BCUT2D eigenvalue weighted by atomic mass is 16.2. The molecule has 1 atom stereocenters. The third kappa shape index (κ3) is 4.15. The van der Waals surface area contributed by atoms with Crippen LogP contribution in [0.3, 0.4) is 0 Å². The van der Waals surface area contributed by atoms with Gasteiger partial charge in [0.1, 0.15) is 0 Å². The molecule has 1 fully saturated rings. The second kappa shape index (κ2) is 7.86. The third-order valence-electron chi connectivity index (χ3n) is 5.07. The lowest BCUT2D eigenvalue weighted by molar-refractivity contribution is -0.129. The summed E-state index contributed by atoms with van der Waals surface area (Å²) in [6.45, 7) is 4.93. The van der Waals surface area contributed by atoms with Gasteiger partial charge in [-0.25, -0.2) is 0 Å². The summed E-state index contributed by atoms with van der Waals surface area (Å²) in [5.74, 6) is -0.242. The standard InChI is InChI=1S/C21H28N4O2/c1-15(2)24-13-16(12-20(24)26)21(27)25(14-17-6-5-11-22-17)19-9-7-18(8-10-19)23(3)4/h5-11,15-16,22H,12-14H2,1-4H3/t16-/m1/s1. The summed E-state index contributed by atoms with van der Waals surface area (Å²) < 4.78 is 0. The Labute approximate surface area is 160 Å². The molecule has 1 aromatic heterocycles. The zero-order valence-electron chi connectivity index (χ0n) is 16.5. The summed E-state index contributed by atoms with van der Waals surface area (Å²) in [5.41, 5.74) is 2.88. The number of anilines is 2. The maximum Gasteiger partial charge on any atom is 0.232 e. The molecule has 6 nitrogen and oxygen atoms in total. The van der Waals surface area contributed by atoms with Crippen LogP contribution in [0.25, 0.3) is 0 Å². The van der Waals surface area contributed by atoms with Crippen LogP contribution in [0.15, 0.2) is 42.6 Å². The molecule has 6 heteroatoms. The van der Waals surface area contributed by atoms with E-state index in [4.69, 9.17) is 0 Å². The predicted molar refractivity (Wildman–Crippen MR) is 108 cm³/mol. The Hall–Kier alpha value is -2.76. The van der Waals surface area contributed by atoms with Gasteiger partial charge in [0, 0.05) is 56.4 Å². The Morgan fingerprint density at radius 1 is 1.19 bits per heavy atom. The Morgan fingerprint density at radius 2 is 1.85 bits per heavy atom. The number of rotatable bonds is 6. The Kier molecular flexibility index (Phi) is 5.54. The number of likely N-dealkylation sites (tertiary alicyclic amines) is 1. The molecule has 2 amide bonds. The van der Waals surface area contributed by atoms with Gasteiger partial charge in [-0.05, 0) is 50.2 Å². The molecule has 0 saturated carbocycles.